The van der Waals surface area contributed by atoms with Crippen molar-refractivity contribution in [1.29, 1.82) is 5.41 Å². The van der Waals surface area contributed by atoms with Gasteiger partial charge < -0.3 is 33.6 Å². The molecule has 0 aliphatic rings. The highest BCUT2D eigenvalue weighted by Crippen LogP contribution is 2.26. The van der Waals surface area contributed by atoms with Crippen LogP contribution in [0.1, 0.15) is 61.6 Å². The van der Waals surface area contributed by atoms with Crippen LogP contribution in [0.2, 0.25) is 0 Å². The van der Waals surface area contributed by atoms with Gasteiger partial charge in [0.05, 0.1) is 5.92 Å². The van der Waals surface area contributed by atoms with Crippen molar-refractivity contribution in [3.05, 3.63) is 83.4 Å². The number of fused-ring (bicyclic) bond motifs is 1. The van der Waals surface area contributed by atoms with E-state index in [-0.39, 0.29) is 24.1 Å². The molecule has 43 heavy (non-hydrogen) atoms. The smallest absolute Gasteiger partial charge is 0.243 e. The van der Waals surface area contributed by atoms with Crippen molar-refractivity contribution < 1.29 is 14.4 Å². The Kier molecular flexibility index (Phi) is 12.1. The van der Waals surface area contributed by atoms with E-state index in [1.165, 1.54) is 0 Å². The number of hydrogen-bond acceptors (Lipinski definition) is 5. The van der Waals surface area contributed by atoms with Gasteiger partial charge in [0.1, 0.15) is 17.9 Å². The van der Waals surface area contributed by atoms with Crippen molar-refractivity contribution in [2.75, 3.05) is 6.54 Å². The number of amides is 3. The first-order valence-corrected chi connectivity index (χ1v) is 14.5. The zero-order valence-corrected chi connectivity index (χ0v) is 24.5. The molecule has 0 fully saturated rings. The van der Waals surface area contributed by atoms with E-state index in [4.69, 9.17) is 28.3 Å². The number of nitrogens with zero attached hydrogens (tertiary/aromatic N) is 1. The Bertz CT molecular complexity index is 1450. The van der Waals surface area contributed by atoms with Gasteiger partial charge in [-0.25, -0.2) is 0 Å². The molecule has 0 radical (unpaired) electrons. The summed E-state index contributed by atoms with van der Waals surface area (Å²) in [5, 5.41) is 15.4. The van der Waals surface area contributed by atoms with Crippen molar-refractivity contribution >= 4 is 40.3 Å². The number of aliphatic imine (C=N–C) groups is 1. The minimum atomic E-state index is -0.932. The topological polar surface area (TPSA) is 216 Å². The number of nitrogen functional groups attached to an aromatic ring is 1. The van der Waals surface area contributed by atoms with Crippen LogP contribution in [-0.4, -0.2) is 48.1 Å². The number of carbonyl (C=O) groups excluding carboxylic acids is 3. The number of carbonyl (C=O) groups is 3. The summed E-state index contributed by atoms with van der Waals surface area (Å²) in [6.45, 7) is 2.29. The van der Waals surface area contributed by atoms with E-state index in [0.29, 0.717) is 37.8 Å². The van der Waals surface area contributed by atoms with Gasteiger partial charge in [0.2, 0.25) is 17.7 Å². The van der Waals surface area contributed by atoms with E-state index in [1.54, 1.807) is 12.1 Å². The Labute approximate surface area is 252 Å². The zero-order valence-electron chi connectivity index (χ0n) is 24.5. The highest BCUT2D eigenvalue weighted by Gasteiger charge is 2.29. The van der Waals surface area contributed by atoms with Crippen molar-refractivity contribution in [1.82, 2.24) is 10.6 Å². The molecular formula is C32H42N8O3. The van der Waals surface area contributed by atoms with Crippen LogP contribution in [0.3, 0.4) is 0 Å². The molecule has 228 valence electrons. The van der Waals surface area contributed by atoms with Crippen LogP contribution in [0.5, 0.6) is 0 Å². The van der Waals surface area contributed by atoms with Crippen LogP contribution in [0.25, 0.3) is 10.8 Å². The molecule has 0 saturated carbocycles. The number of amidine groups is 1. The van der Waals surface area contributed by atoms with Gasteiger partial charge in [-0.3, -0.25) is 24.8 Å². The van der Waals surface area contributed by atoms with E-state index in [9.17, 15) is 14.4 Å². The third-order valence-corrected chi connectivity index (χ3v) is 7.28. The molecule has 3 aromatic carbocycles. The lowest BCUT2D eigenvalue weighted by atomic mass is 9.89. The van der Waals surface area contributed by atoms with Gasteiger partial charge in [-0.05, 0) is 47.6 Å². The molecule has 0 aliphatic heterocycles. The molecule has 3 atom stereocenters. The summed E-state index contributed by atoms with van der Waals surface area (Å²) in [4.78, 5) is 43.4. The molecule has 3 aromatic rings. The van der Waals surface area contributed by atoms with Gasteiger partial charge >= 0.3 is 0 Å². The monoisotopic (exact) mass is 586 g/mol. The highest BCUT2D eigenvalue weighted by atomic mass is 16.2. The van der Waals surface area contributed by atoms with Crippen LogP contribution < -0.4 is 33.6 Å². The summed E-state index contributed by atoms with van der Waals surface area (Å²) in [6, 6.07) is 19.2. The van der Waals surface area contributed by atoms with E-state index in [0.717, 1.165) is 28.3 Å². The molecule has 11 nitrogen and oxygen atoms in total. The standard InChI is InChI=1S/C32H42N8O3/c1-2-3-9-27(31(43)39-26(29(35)41)10-6-17-38-32(36)37)40-30(42)25(18-20-11-13-22(14-12-20)28(33)34)24-16-15-21-7-4-5-8-23(21)19-24/h4-5,7-8,11-16,19,25-27H,2-3,6,9-10,17-18H2,1H3,(H3,33,34)(H2,35,41)(H,39,43)(H,40,42)(H4,36,37,38)/t25?,26-,27-/m0/s1. The van der Waals surface area contributed by atoms with Crippen LogP contribution >= 0.6 is 0 Å². The number of hydrogen-bond donors (Lipinski definition) is 7. The summed E-state index contributed by atoms with van der Waals surface area (Å²) in [7, 11) is 0. The van der Waals surface area contributed by atoms with Crippen molar-refractivity contribution in [2.45, 2.75) is 63.5 Å². The minimum Gasteiger partial charge on any atom is -0.384 e. The van der Waals surface area contributed by atoms with E-state index >= 15 is 0 Å². The van der Waals surface area contributed by atoms with Gasteiger partial charge in [-0.1, -0.05) is 86.5 Å². The van der Waals surface area contributed by atoms with E-state index in [2.05, 4.69) is 15.6 Å². The number of benzene rings is 3. The summed E-state index contributed by atoms with van der Waals surface area (Å²) >= 11 is 0. The Balaban J connectivity index is 1.85. The van der Waals surface area contributed by atoms with Crippen molar-refractivity contribution in [3.8, 4) is 0 Å². The largest absolute Gasteiger partial charge is 0.384 e. The quantitative estimate of drug-likeness (QED) is 0.0757. The van der Waals surface area contributed by atoms with Crippen molar-refractivity contribution in [3.63, 3.8) is 0 Å². The molecule has 3 rings (SSSR count). The number of primary amides is 1. The van der Waals surface area contributed by atoms with E-state index in [1.807, 2.05) is 61.5 Å². The summed E-state index contributed by atoms with van der Waals surface area (Å²) in [6.07, 6.45) is 2.95. The number of nitrogens with two attached hydrogens (primary N) is 4. The molecule has 0 aliphatic carbocycles. The Hall–Kier alpha value is -4.93. The fourth-order valence-electron chi connectivity index (χ4n) is 4.85. The minimum absolute atomic E-state index is 0.0364. The van der Waals surface area contributed by atoms with Crippen LogP contribution in [0.15, 0.2) is 71.7 Å². The summed E-state index contributed by atoms with van der Waals surface area (Å²) < 4.78 is 0. The SMILES string of the molecule is CCCC[C@H](NC(=O)C(Cc1ccc(C(=N)N)cc1)c1ccc2ccccc2c1)C(=O)N[C@@H](CCCN=C(N)N)C(N)=O. The first-order valence-electron chi connectivity index (χ1n) is 14.5. The Morgan fingerprint density at radius 3 is 2.09 bits per heavy atom. The molecule has 3 amide bonds. The van der Waals surface area contributed by atoms with Crippen LogP contribution in [-0.2, 0) is 20.8 Å². The Morgan fingerprint density at radius 1 is 0.814 bits per heavy atom. The first-order chi connectivity index (χ1) is 20.6. The average Bonchev–Trinajstić information content (AvgIpc) is 2.99. The maximum Gasteiger partial charge on any atom is 0.243 e. The fourth-order valence-corrected chi connectivity index (χ4v) is 4.85. The lowest BCUT2D eigenvalue weighted by Gasteiger charge is -2.25. The second kappa shape index (κ2) is 15.9. The molecule has 0 saturated heterocycles. The van der Waals surface area contributed by atoms with E-state index < -0.39 is 29.8 Å². The molecule has 0 aromatic heterocycles. The average molecular weight is 587 g/mol. The lowest BCUT2D eigenvalue weighted by molar-refractivity contribution is -0.132. The van der Waals surface area contributed by atoms with Gasteiger partial charge in [-0.15, -0.1) is 0 Å². The van der Waals surface area contributed by atoms with Crippen molar-refractivity contribution in [2.24, 2.45) is 27.9 Å². The lowest BCUT2D eigenvalue weighted by Crippen LogP contribution is -2.53. The fraction of sp³-hybridized carbons (Fsp3) is 0.344. The van der Waals surface area contributed by atoms with Gasteiger partial charge in [0.25, 0.3) is 0 Å². The van der Waals surface area contributed by atoms with Gasteiger partial charge in [0.15, 0.2) is 5.96 Å². The molecule has 0 heterocycles. The number of guanidine groups is 1. The number of nitrogens with one attached hydrogen (secondary N) is 3. The molecule has 11 N–H and O–H groups in total. The maximum absolute atomic E-state index is 14.0. The number of rotatable bonds is 16. The summed E-state index contributed by atoms with van der Waals surface area (Å²) in [5.74, 6) is -2.18. The van der Waals surface area contributed by atoms with Gasteiger partial charge in [0, 0.05) is 12.1 Å². The number of unbranched alkanes of at least 4 members (excludes halogenated alkanes) is 1. The predicted octanol–water partition coefficient (Wildman–Crippen LogP) is 2.15. The third-order valence-electron chi connectivity index (χ3n) is 7.28. The van der Waals surface area contributed by atoms with Crippen LogP contribution in [0.4, 0.5) is 0 Å². The normalized spacial score (nSPS) is 13.0. The first kappa shape index (κ1) is 32.6. The van der Waals surface area contributed by atoms with Crippen LogP contribution in [0, 0.1) is 5.41 Å². The maximum atomic E-state index is 14.0. The third kappa shape index (κ3) is 9.84. The summed E-state index contributed by atoms with van der Waals surface area (Å²) in [5.41, 5.74) is 24.2. The molecule has 11 heteroatoms. The second-order valence-corrected chi connectivity index (χ2v) is 10.6. The molecule has 0 spiro atoms. The van der Waals surface area contributed by atoms with Gasteiger partial charge in [-0.2, -0.15) is 0 Å². The predicted molar refractivity (Wildman–Crippen MR) is 170 cm³/mol. The zero-order chi connectivity index (χ0) is 31.4. The highest BCUT2D eigenvalue weighted by molar-refractivity contribution is 5.95. The molecule has 1 unspecified atom stereocenters. The molecule has 0 bridgehead atoms. The Morgan fingerprint density at radius 2 is 1.47 bits per heavy atom. The molecular weight excluding hydrogens is 544 g/mol. The second-order valence-electron chi connectivity index (χ2n) is 10.6.